The Morgan fingerprint density at radius 1 is 1.27 bits per heavy atom. The second-order valence-electron chi connectivity index (χ2n) is 6.95. The number of nitro benzene ring substituents is 1. The van der Waals surface area contributed by atoms with Crippen molar-refractivity contribution in [1.29, 1.82) is 0 Å². The Balaban J connectivity index is 1.53. The van der Waals surface area contributed by atoms with E-state index in [0.29, 0.717) is 18.4 Å². The van der Waals surface area contributed by atoms with E-state index >= 15 is 0 Å². The fourth-order valence-electron chi connectivity index (χ4n) is 3.87. The highest BCUT2D eigenvalue weighted by atomic mass is 16.6. The Morgan fingerprint density at radius 2 is 2.03 bits per heavy atom. The van der Waals surface area contributed by atoms with Crippen molar-refractivity contribution in [2.75, 3.05) is 13.7 Å². The van der Waals surface area contributed by atoms with Crippen molar-refractivity contribution in [2.24, 2.45) is 0 Å². The first-order chi connectivity index (χ1) is 14.4. The zero-order valence-corrected chi connectivity index (χ0v) is 15.9. The number of rotatable bonds is 5. The number of hydrogen-bond donors (Lipinski definition) is 1. The van der Waals surface area contributed by atoms with Crippen molar-refractivity contribution in [1.82, 2.24) is 10.2 Å². The topological polar surface area (TPSA) is 128 Å². The molecule has 10 heteroatoms. The molecule has 30 heavy (non-hydrogen) atoms. The molecule has 1 N–H and O–H groups in total. The van der Waals surface area contributed by atoms with Crippen LogP contribution in [0.4, 0.5) is 10.5 Å². The van der Waals surface area contributed by atoms with Gasteiger partial charge in [0, 0.05) is 0 Å². The van der Waals surface area contributed by atoms with Crippen LogP contribution in [0.2, 0.25) is 0 Å². The van der Waals surface area contributed by atoms with Crippen LogP contribution in [0.25, 0.3) is 0 Å². The maximum atomic E-state index is 13.1. The van der Waals surface area contributed by atoms with E-state index in [1.165, 1.54) is 19.2 Å². The molecular weight excluding hydrogens is 394 g/mol. The molecule has 1 heterocycles. The first-order valence-corrected chi connectivity index (χ1v) is 9.11. The molecule has 10 nitrogen and oxygen atoms in total. The summed E-state index contributed by atoms with van der Waals surface area (Å²) in [4.78, 5) is 49.2. The number of nitro groups is 1. The highest BCUT2D eigenvalue weighted by molar-refractivity contribution is 6.09. The lowest BCUT2D eigenvalue weighted by atomic mass is 9.92. The average molecular weight is 411 g/mol. The van der Waals surface area contributed by atoms with Crippen molar-refractivity contribution in [2.45, 2.75) is 18.4 Å². The van der Waals surface area contributed by atoms with E-state index in [9.17, 15) is 24.5 Å². The van der Waals surface area contributed by atoms with E-state index in [1.54, 1.807) is 12.1 Å². The third-order valence-electron chi connectivity index (χ3n) is 5.30. The van der Waals surface area contributed by atoms with Gasteiger partial charge in [0.05, 0.1) is 18.1 Å². The number of benzene rings is 2. The first kappa shape index (κ1) is 19.4. The molecule has 1 saturated heterocycles. The summed E-state index contributed by atoms with van der Waals surface area (Å²) in [6.45, 7) is -0.669. The van der Waals surface area contributed by atoms with Gasteiger partial charge in [0.15, 0.2) is 0 Å². The molecule has 4 rings (SSSR count). The number of nitrogens with one attached hydrogen (secondary N) is 1. The van der Waals surface area contributed by atoms with Crippen LogP contribution in [0, 0.1) is 10.1 Å². The van der Waals surface area contributed by atoms with Crippen molar-refractivity contribution in [3.05, 3.63) is 63.7 Å². The number of carbonyl (C=O) groups excluding carboxylic acids is 3. The summed E-state index contributed by atoms with van der Waals surface area (Å²) in [7, 11) is 1.35. The Labute approximate surface area is 170 Å². The summed E-state index contributed by atoms with van der Waals surface area (Å²) in [6, 6.07) is 10.3. The summed E-state index contributed by atoms with van der Waals surface area (Å²) < 4.78 is 10.0. The number of ether oxygens (including phenoxy) is 2. The minimum absolute atomic E-state index is 0.220. The molecule has 2 aromatic carbocycles. The Morgan fingerprint density at radius 3 is 2.77 bits per heavy atom. The highest BCUT2D eigenvalue weighted by Crippen LogP contribution is 2.41. The molecule has 1 fully saturated rings. The van der Waals surface area contributed by atoms with Crippen molar-refractivity contribution < 1.29 is 28.8 Å². The quantitative estimate of drug-likeness (QED) is 0.262. The van der Waals surface area contributed by atoms with Gasteiger partial charge in [0.2, 0.25) is 5.75 Å². The molecule has 154 valence electrons. The summed E-state index contributed by atoms with van der Waals surface area (Å²) in [6.07, 6.45) is 1.02. The zero-order valence-electron chi connectivity index (χ0n) is 15.9. The Kier molecular flexibility index (Phi) is 4.61. The number of hydrogen-bond acceptors (Lipinski definition) is 7. The molecule has 2 aromatic rings. The van der Waals surface area contributed by atoms with Crippen LogP contribution in [0.1, 0.15) is 17.5 Å². The number of methoxy groups -OCH3 is 1. The maximum absolute atomic E-state index is 13.1. The fraction of sp³-hybridized carbons (Fsp3) is 0.250. The van der Waals surface area contributed by atoms with Gasteiger partial charge in [-0.2, -0.15) is 0 Å². The van der Waals surface area contributed by atoms with Crippen LogP contribution >= 0.6 is 0 Å². The van der Waals surface area contributed by atoms with Crippen molar-refractivity contribution in [3.8, 4) is 11.5 Å². The molecular formula is C20H17N3O7. The smallest absolute Gasteiger partial charge is 0.331 e. The molecule has 1 spiro atoms. The number of esters is 1. The summed E-state index contributed by atoms with van der Waals surface area (Å²) >= 11 is 0. The van der Waals surface area contributed by atoms with Gasteiger partial charge >= 0.3 is 17.7 Å². The largest absolute Gasteiger partial charge is 0.496 e. The SMILES string of the molecule is COc1ccc(OC(=O)CN2C(=O)NC3(CCc4ccccc43)C2=O)c([N+](=O)[O-])c1. The molecule has 1 atom stereocenters. The van der Waals surface area contributed by atoms with E-state index in [-0.39, 0.29) is 11.5 Å². The lowest BCUT2D eigenvalue weighted by molar-refractivity contribution is -0.385. The molecule has 1 aliphatic carbocycles. The number of urea groups is 1. The van der Waals surface area contributed by atoms with Gasteiger partial charge < -0.3 is 14.8 Å². The molecule has 0 aromatic heterocycles. The average Bonchev–Trinajstić information content (AvgIpc) is 3.21. The van der Waals surface area contributed by atoms with Crippen molar-refractivity contribution >= 4 is 23.6 Å². The molecule has 2 aliphatic rings. The van der Waals surface area contributed by atoms with Gasteiger partial charge in [0.1, 0.15) is 17.8 Å². The minimum atomic E-state index is -1.19. The second kappa shape index (κ2) is 7.14. The maximum Gasteiger partial charge on any atom is 0.331 e. The van der Waals surface area contributed by atoms with Gasteiger partial charge in [-0.05, 0) is 36.1 Å². The van der Waals surface area contributed by atoms with Crippen LogP contribution in [-0.2, 0) is 21.5 Å². The fourth-order valence-corrected chi connectivity index (χ4v) is 3.87. The molecule has 0 saturated carbocycles. The lowest BCUT2D eigenvalue weighted by Crippen LogP contribution is -2.42. The van der Waals surface area contributed by atoms with Crippen molar-refractivity contribution in [3.63, 3.8) is 0 Å². The normalized spacial score (nSPS) is 19.6. The van der Waals surface area contributed by atoms with Gasteiger partial charge in [-0.25, -0.2) is 9.59 Å². The van der Waals surface area contributed by atoms with Crippen LogP contribution in [0.15, 0.2) is 42.5 Å². The summed E-state index contributed by atoms with van der Waals surface area (Å²) in [5, 5.41) is 13.9. The molecule has 1 aliphatic heterocycles. The number of nitrogens with zero attached hydrogens (tertiary/aromatic N) is 2. The third-order valence-corrected chi connectivity index (χ3v) is 5.30. The first-order valence-electron chi connectivity index (χ1n) is 9.11. The van der Waals surface area contributed by atoms with E-state index < -0.39 is 40.6 Å². The number of fused-ring (bicyclic) bond motifs is 2. The number of imide groups is 1. The van der Waals surface area contributed by atoms with Gasteiger partial charge in [-0.1, -0.05) is 24.3 Å². The number of carbonyl (C=O) groups is 3. The molecule has 0 bridgehead atoms. The zero-order chi connectivity index (χ0) is 21.5. The number of amides is 3. The highest BCUT2D eigenvalue weighted by Gasteiger charge is 2.55. The Bertz CT molecular complexity index is 1080. The van der Waals surface area contributed by atoms with Crippen LogP contribution in [-0.4, -0.2) is 41.4 Å². The second-order valence-corrected chi connectivity index (χ2v) is 6.95. The van der Waals surface area contributed by atoms with Gasteiger partial charge in [0.25, 0.3) is 5.91 Å². The number of aryl methyl sites for hydroxylation is 1. The van der Waals surface area contributed by atoms with E-state index in [0.717, 1.165) is 16.5 Å². The standard InChI is InChI=1S/C20H17N3O7/c1-29-13-6-7-16(15(10-13)23(27)28)30-17(24)11-22-18(25)20(21-19(22)26)9-8-12-4-2-3-5-14(12)20/h2-7,10H,8-9,11H2,1H3,(H,21,26). The van der Waals surface area contributed by atoms with Gasteiger partial charge in [-0.15, -0.1) is 0 Å². The molecule has 0 radical (unpaired) electrons. The lowest BCUT2D eigenvalue weighted by Gasteiger charge is -2.22. The van der Waals surface area contributed by atoms with Crippen LogP contribution < -0.4 is 14.8 Å². The van der Waals surface area contributed by atoms with E-state index in [2.05, 4.69) is 5.32 Å². The molecule has 3 amide bonds. The van der Waals surface area contributed by atoms with E-state index in [4.69, 9.17) is 9.47 Å². The minimum Gasteiger partial charge on any atom is -0.496 e. The van der Waals surface area contributed by atoms with Gasteiger partial charge in [-0.3, -0.25) is 19.8 Å². The van der Waals surface area contributed by atoms with Crippen LogP contribution in [0.3, 0.4) is 0 Å². The summed E-state index contributed by atoms with van der Waals surface area (Å²) in [5.74, 6) is -1.61. The van der Waals surface area contributed by atoms with Crippen LogP contribution in [0.5, 0.6) is 11.5 Å². The summed E-state index contributed by atoms with van der Waals surface area (Å²) in [5.41, 5.74) is 0.00982. The predicted octanol–water partition coefficient (Wildman–Crippen LogP) is 1.90. The Hall–Kier alpha value is -3.95. The monoisotopic (exact) mass is 411 g/mol. The molecule has 1 unspecified atom stereocenters. The third kappa shape index (κ3) is 3.02. The predicted molar refractivity (Wildman–Crippen MR) is 102 cm³/mol. The van der Waals surface area contributed by atoms with E-state index in [1.807, 2.05) is 12.1 Å².